The van der Waals surface area contributed by atoms with Gasteiger partial charge in [0.15, 0.2) is 22.0 Å². The van der Waals surface area contributed by atoms with Gasteiger partial charge in [0.05, 0.1) is 17.0 Å². The summed E-state index contributed by atoms with van der Waals surface area (Å²) in [5.41, 5.74) is 0. The number of hydrogen-bond acceptors (Lipinski definition) is 2. The molecule has 4 rings (SSSR count). The molecule has 0 amide bonds. The van der Waals surface area contributed by atoms with Gasteiger partial charge in [-0.1, -0.05) is 30.4 Å². The Bertz CT molecular complexity index is 672. The van der Waals surface area contributed by atoms with Crippen LogP contribution in [0, 0.1) is 0 Å². The van der Waals surface area contributed by atoms with E-state index in [0.717, 1.165) is 5.75 Å². The number of aliphatic hydroxyl groups excluding tert-OH is 1. The van der Waals surface area contributed by atoms with Crippen molar-refractivity contribution >= 4 is 10.9 Å². The van der Waals surface area contributed by atoms with Crippen LogP contribution in [0.3, 0.4) is 0 Å². The lowest BCUT2D eigenvalue weighted by Crippen LogP contribution is -2.41. The Morgan fingerprint density at radius 3 is 2.81 bits per heavy atom. The first-order valence-corrected chi connectivity index (χ1v) is 8.52. The van der Waals surface area contributed by atoms with Gasteiger partial charge in [-0.15, -0.1) is 0 Å². The first-order chi connectivity index (χ1) is 10.3. The SMILES string of the molecule is O[C@H]1C=CC([S+]2c3ccccc3OC3C=CC=CC32)=CC1. The third-order valence-electron chi connectivity index (χ3n) is 3.95. The molecule has 4 atom stereocenters. The number of hydrogen-bond donors (Lipinski definition) is 1. The highest BCUT2D eigenvalue weighted by Crippen LogP contribution is 2.42. The van der Waals surface area contributed by atoms with Gasteiger partial charge in [0.2, 0.25) is 4.90 Å². The van der Waals surface area contributed by atoms with Crippen LogP contribution in [-0.4, -0.2) is 22.6 Å². The lowest BCUT2D eigenvalue weighted by atomic mass is 10.1. The predicted molar refractivity (Wildman–Crippen MR) is 86.4 cm³/mol. The van der Waals surface area contributed by atoms with Crippen molar-refractivity contribution in [1.82, 2.24) is 0 Å². The maximum absolute atomic E-state index is 9.67. The van der Waals surface area contributed by atoms with Gasteiger partial charge in [0, 0.05) is 6.42 Å². The number of rotatable bonds is 1. The molecular weight excluding hydrogens is 280 g/mol. The van der Waals surface area contributed by atoms with E-state index >= 15 is 0 Å². The number of para-hydroxylation sites is 1. The molecule has 0 aromatic heterocycles. The Morgan fingerprint density at radius 1 is 1.10 bits per heavy atom. The fourth-order valence-electron chi connectivity index (χ4n) is 2.94. The van der Waals surface area contributed by atoms with Crippen LogP contribution >= 0.6 is 0 Å². The van der Waals surface area contributed by atoms with E-state index in [2.05, 4.69) is 54.7 Å². The van der Waals surface area contributed by atoms with Crippen molar-refractivity contribution in [2.45, 2.75) is 28.8 Å². The molecule has 2 aliphatic carbocycles. The maximum atomic E-state index is 9.67. The van der Waals surface area contributed by atoms with Gasteiger partial charge in [0.1, 0.15) is 0 Å². The van der Waals surface area contributed by atoms with Crippen molar-refractivity contribution in [3.8, 4) is 5.75 Å². The summed E-state index contributed by atoms with van der Waals surface area (Å²) in [4.78, 5) is 2.58. The topological polar surface area (TPSA) is 29.5 Å². The van der Waals surface area contributed by atoms with Crippen LogP contribution in [-0.2, 0) is 10.9 Å². The first-order valence-electron chi connectivity index (χ1n) is 7.23. The molecule has 1 aromatic rings. The van der Waals surface area contributed by atoms with E-state index in [-0.39, 0.29) is 23.1 Å². The zero-order valence-corrected chi connectivity index (χ0v) is 12.4. The van der Waals surface area contributed by atoms with E-state index < -0.39 is 0 Å². The molecule has 3 heteroatoms. The van der Waals surface area contributed by atoms with Gasteiger partial charge in [0.25, 0.3) is 0 Å². The Kier molecular flexibility index (Phi) is 3.24. The summed E-state index contributed by atoms with van der Waals surface area (Å²) in [6, 6.07) is 8.32. The summed E-state index contributed by atoms with van der Waals surface area (Å²) in [6.07, 6.45) is 15.2. The van der Waals surface area contributed by atoms with Crippen molar-refractivity contribution in [3.63, 3.8) is 0 Å². The molecule has 0 saturated heterocycles. The van der Waals surface area contributed by atoms with E-state index in [1.165, 1.54) is 9.80 Å². The molecule has 3 aliphatic rings. The van der Waals surface area contributed by atoms with E-state index in [0.29, 0.717) is 11.7 Å². The molecule has 0 bridgehead atoms. The highest BCUT2D eigenvalue weighted by atomic mass is 32.2. The minimum Gasteiger partial charge on any atom is -0.475 e. The molecule has 1 aliphatic heterocycles. The molecule has 21 heavy (non-hydrogen) atoms. The lowest BCUT2D eigenvalue weighted by molar-refractivity contribution is 0.225. The molecule has 1 heterocycles. The Morgan fingerprint density at radius 2 is 1.95 bits per heavy atom. The first kappa shape index (κ1) is 13.0. The Hall–Kier alpha value is -1.71. The standard InChI is InChI=1S/C18H17O2S/c19-13-9-11-14(12-10-13)21-17-7-3-1-5-15(17)20-16-6-2-4-8-18(16)21/h1-9,11-13,15,17,19H,10H2/q+1/t13-,15?,17?,21?/m0/s1. The average Bonchev–Trinajstić information content (AvgIpc) is 2.53. The van der Waals surface area contributed by atoms with Gasteiger partial charge < -0.3 is 9.84 Å². The number of aliphatic hydroxyl groups is 1. The Labute approximate surface area is 127 Å². The van der Waals surface area contributed by atoms with Crippen LogP contribution in [0.25, 0.3) is 0 Å². The largest absolute Gasteiger partial charge is 0.475 e. The van der Waals surface area contributed by atoms with E-state index in [1.807, 2.05) is 12.1 Å². The highest BCUT2D eigenvalue weighted by molar-refractivity contribution is 8.01. The van der Waals surface area contributed by atoms with E-state index in [4.69, 9.17) is 4.74 Å². The van der Waals surface area contributed by atoms with Crippen LogP contribution in [0.1, 0.15) is 6.42 Å². The third-order valence-corrected chi connectivity index (χ3v) is 6.55. The minimum atomic E-state index is -0.341. The molecule has 3 unspecified atom stereocenters. The van der Waals surface area contributed by atoms with Crippen LogP contribution in [0.15, 0.2) is 76.6 Å². The molecule has 0 spiro atoms. The van der Waals surface area contributed by atoms with E-state index in [1.54, 1.807) is 0 Å². The molecule has 0 saturated carbocycles. The number of benzene rings is 1. The molecular formula is C18H17O2S+. The van der Waals surface area contributed by atoms with Crippen LogP contribution < -0.4 is 4.74 Å². The summed E-state index contributed by atoms with van der Waals surface area (Å²) in [5.74, 6) is 0.988. The quantitative estimate of drug-likeness (QED) is 0.807. The predicted octanol–water partition coefficient (Wildman–Crippen LogP) is 3.12. The van der Waals surface area contributed by atoms with Crippen LogP contribution in [0.4, 0.5) is 0 Å². The molecule has 0 fully saturated rings. The van der Waals surface area contributed by atoms with Gasteiger partial charge in [-0.25, -0.2) is 0 Å². The summed E-state index contributed by atoms with van der Waals surface area (Å²) in [6.45, 7) is 0. The summed E-state index contributed by atoms with van der Waals surface area (Å²) >= 11 is 0. The maximum Gasteiger partial charge on any atom is 0.203 e. The zero-order chi connectivity index (χ0) is 14.2. The van der Waals surface area contributed by atoms with Crippen molar-refractivity contribution in [2.75, 3.05) is 0 Å². The third kappa shape index (κ3) is 2.27. The van der Waals surface area contributed by atoms with Crippen LogP contribution in [0.2, 0.25) is 0 Å². The second kappa shape index (κ2) is 5.24. The highest BCUT2D eigenvalue weighted by Gasteiger charge is 2.47. The molecule has 1 N–H and O–H groups in total. The van der Waals surface area contributed by atoms with Gasteiger partial charge >= 0.3 is 0 Å². The number of allylic oxidation sites excluding steroid dienone is 3. The second-order valence-electron chi connectivity index (χ2n) is 5.37. The summed E-state index contributed by atoms with van der Waals surface area (Å²) in [5, 5.41) is 10.0. The van der Waals surface area contributed by atoms with Crippen LogP contribution in [0.5, 0.6) is 5.75 Å². The van der Waals surface area contributed by atoms with E-state index in [9.17, 15) is 5.11 Å². The summed E-state index contributed by atoms with van der Waals surface area (Å²) < 4.78 is 6.15. The monoisotopic (exact) mass is 297 g/mol. The number of fused-ring (bicyclic) bond motifs is 2. The second-order valence-corrected chi connectivity index (χ2v) is 7.50. The average molecular weight is 297 g/mol. The minimum absolute atomic E-state index is 0.0373. The van der Waals surface area contributed by atoms with Crippen molar-refractivity contribution < 1.29 is 9.84 Å². The Balaban J connectivity index is 1.80. The smallest absolute Gasteiger partial charge is 0.203 e. The molecule has 106 valence electrons. The van der Waals surface area contributed by atoms with Gasteiger partial charge in [-0.3, -0.25) is 0 Å². The number of ether oxygens (including phenoxy) is 1. The van der Waals surface area contributed by atoms with Crippen molar-refractivity contribution in [2.24, 2.45) is 0 Å². The zero-order valence-electron chi connectivity index (χ0n) is 11.6. The molecule has 1 aromatic carbocycles. The molecule has 0 radical (unpaired) electrons. The van der Waals surface area contributed by atoms with Crippen molar-refractivity contribution in [1.29, 1.82) is 0 Å². The van der Waals surface area contributed by atoms with Gasteiger partial charge in [-0.05, 0) is 36.4 Å². The van der Waals surface area contributed by atoms with Crippen molar-refractivity contribution in [3.05, 3.63) is 71.7 Å². The molecule has 2 nitrogen and oxygen atoms in total. The van der Waals surface area contributed by atoms with Gasteiger partial charge in [-0.2, -0.15) is 0 Å². The fraction of sp³-hybridized carbons (Fsp3) is 0.222. The summed E-state index contributed by atoms with van der Waals surface area (Å²) in [7, 11) is -0.0373. The fourth-order valence-corrected chi connectivity index (χ4v) is 5.53. The normalized spacial score (nSPS) is 32.9. The lowest BCUT2D eigenvalue weighted by Gasteiger charge is -2.31.